The van der Waals surface area contributed by atoms with Crippen molar-refractivity contribution >= 4 is 16.1 Å². The van der Waals surface area contributed by atoms with Crippen molar-refractivity contribution in [1.29, 1.82) is 0 Å². The lowest BCUT2D eigenvalue weighted by molar-refractivity contribution is 0.174. The van der Waals surface area contributed by atoms with Gasteiger partial charge in [0.1, 0.15) is 0 Å². The minimum absolute atomic E-state index is 0.0726. The molecule has 0 unspecified atom stereocenters. The van der Waals surface area contributed by atoms with Crippen LogP contribution in [0.25, 0.3) is 0 Å². The molecule has 1 aliphatic rings. The number of carbonyl (C=O) groups excluding carboxylic acids is 1. The maximum absolute atomic E-state index is 11.7. The van der Waals surface area contributed by atoms with Gasteiger partial charge in [-0.3, -0.25) is 0 Å². The van der Waals surface area contributed by atoms with Crippen LogP contribution in [0.1, 0.15) is 26.7 Å². The molecule has 0 spiro atoms. The Morgan fingerprint density at radius 3 is 2.50 bits per heavy atom. The molecule has 1 aliphatic heterocycles. The maximum atomic E-state index is 11.7. The summed E-state index contributed by atoms with van der Waals surface area (Å²) >= 11 is 0. The third-order valence-corrected chi connectivity index (χ3v) is 4.55. The number of likely N-dealkylation sites (tertiary alicyclic amines) is 1. The molecule has 0 bridgehead atoms. The van der Waals surface area contributed by atoms with Gasteiger partial charge in [-0.15, -0.1) is 0 Å². The first-order chi connectivity index (χ1) is 8.44. The molecule has 1 fully saturated rings. The molecule has 2 amide bonds. The van der Waals surface area contributed by atoms with Crippen LogP contribution in [0.15, 0.2) is 0 Å². The number of amides is 2. The summed E-state index contributed by atoms with van der Waals surface area (Å²) in [6.07, 6.45) is 2.03. The summed E-state index contributed by atoms with van der Waals surface area (Å²) in [6, 6.07) is -0.159. The van der Waals surface area contributed by atoms with Crippen LogP contribution in [0.2, 0.25) is 0 Å². The molecule has 6 nitrogen and oxygen atoms in total. The average molecular weight is 277 g/mol. The second kappa shape index (κ2) is 6.94. The number of nitrogens with zero attached hydrogens (tertiary/aromatic N) is 1. The zero-order chi connectivity index (χ0) is 13.6. The lowest BCUT2D eigenvalue weighted by Crippen LogP contribution is -2.45. The maximum Gasteiger partial charge on any atom is 0.317 e. The summed E-state index contributed by atoms with van der Waals surface area (Å²) in [7, 11) is -3.25. The third kappa shape index (κ3) is 5.22. The molecule has 0 radical (unpaired) electrons. The summed E-state index contributed by atoms with van der Waals surface area (Å²) < 4.78 is 25.1. The monoisotopic (exact) mass is 277 g/mol. The summed E-state index contributed by atoms with van der Waals surface area (Å²) in [4.78, 5) is 13.5. The van der Waals surface area contributed by atoms with Gasteiger partial charge in [0.05, 0.1) is 5.75 Å². The van der Waals surface area contributed by atoms with Gasteiger partial charge in [0.15, 0.2) is 0 Å². The second-order valence-electron chi connectivity index (χ2n) is 4.72. The van der Waals surface area contributed by atoms with E-state index in [4.69, 9.17) is 0 Å². The van der Waals surface area contributed by atoms with E-state index in [0.29, 0.717) is 12.5 Å². The van der Waals surface area contributed by atoms with E-state index in [9.17, 15) is 13.2 Å². The van der Waals surface area contributed by atoms with Gasteiger partial charge in [-0.25, -0.2) is 17.9 Å². The van der Waals surface area contributed by atoms with Gasteiger partial charge < -0.3 is 10.2 Å². The van der Waals surface area contributed by atoms with Crippen LogP contribution in [0.5, 0.6) is 0 Å². The fraction of sp³-hybridized carbons (Fsp3) is 0.909. The van der Waals surface area contributed by atoms with Crippen molar-refractivity contribution in [3.8, 4) is 0 Å². The lowest BCUT2D eigenvalue weighted by Gasteiger charge is -2.30. The van der Waals surface area contributed by atoms with Crippen molar-refractivity contribution < 1.29 is 13.2 Å². The average Bonchev–Trinajstić information content (AvgIpc) is 2.29. The van der Waals surface area contributed by atoms with Crippen LogP contribution in [0, 0.1) is 5.92 Å². The topological polar surface area (TPSA) is 78.5 Å². The first-order valence-electron chi connectivity index (χ1n) is 6.44. The number of urea groups is 1. The molecular formula is C11H23N3O3S. The van der Waals surface area contributed by atoms with Gasteiger partial charge >= 0.3 is 6.03 Å². The van der Waals surface area contributed by atoms with Crippen molar-refractivity contribution in [2.24, 2.45) is 5.92 Å². The van der Waals surface area contributed by atoms with Crippen LogP contribution in [0.3, 0.4) is 0 Å². The summed E-state index contributed by atoms with van der Waals surface area (Å²) in [5.74, 6) is 0.597. The van der Waals surface area contributed by atoms with Gasteiger partial charge in [0, 0.05) is 26.2 Å². The fourth-order valence-electron chi connectivity index (χ4n) is 1.91. The molecule has 1 saturated heterocycles. The van der Waals surface area contributed by atoms with Crippen molar-refractivity contribution in [3.63, 3.8) is 0 Å². The number of sulfonamides is 1. The highest BCUT2D eigenvalue weighted by Gasteiger charge is 2.20. The number of nitrogens with one attached hydrogen (secondary N) is 2. The summed E-state index contributed by atoms with van der Waals surface area (Å²) in [5, 5.41) is 2.65. The quantitative estimate of drug-likeness (QED) is 0.762. The fourth-order valence-corrected chi connectivity index (χ4v) is 2.86. The van der Waals surface area contributed by atoms with Crippen LogP contribution < -0.4 is 10.0 Å². The zero-order valence-corrected chi connectivity index (χ0v) is 11.9. The van der Waals surface area contributed by atoms with Crippen LogP contribution in [0.4, 0.5) is 4.79 Å². The minimum atomic E-state index is -3.25. The van der Waals surface area contributed by atoms with Gasteiger partial charge in [0.2, 0.25) is 10.0 Å². The van der Waals surface area contributed by atoms with Crippen molar-refractivity contribution in [3.05, 3.63) is 0 Å². The molecule has 7 heteroatoms. The summed E-state index contributed by atoms with van der Waals surface area (Å²) in [6.45, 7) is 5.95. The Labute approximate surface area is 109 Å². The number of piperidine rings is 1. The molecule has 0 aromatic carbocycles. The first kappa shape index (κ1) is 15.2. The Morgan fingerprint density at radius 1 is 1.33 bits per heavy atom. The normalized spacial score (nSPS) is 17.8. The molecular weight excluding hydrogens is 254 g/mol. The van der Waals surface area contributed by atoms with E-state index in [2.05, 4.69) is 17.0 Å². The van der Waals surface area contributed by atoms with E-state index in [1.807, 2.05) is 0 Å². The van der Waals surface area contributed by atoms with E-state index < -0.39 is 10.0 Å². The SMILES string of the molecule is CCNS(=O)(=O)CCNC(=O)N1CCC(C)CC1. The van der Waals surface area contributed by atoms with E-state index in [0.717, 1.165) is 25.9 Å². The largest absolute Gasteiger partial charge is 0.337 e. The number of hydrogen-bond donors (Lipinski definition) is 2. The van der Waals surface area contributed by atoms with Crippen molar-refractivity contribution in [1.82, 2.24) is 14.9 Å². The zero-order valence-electron chi connectivity index (χ0n) is 11.1. The number of rotatable bonds is 5. The predicted molar refractivity (Wildman–Crippen MR) is 70.8 cm³/mol. The smallest absolute Gasteiger partial charge is 0.317 e. The standard InChI is InChI=1S/C11H23N3O3S/c1-3-13-18(16,17)9-6-12-11(15)14-7-4-10(2)5-8-14/h10,13H,3-9H2,1-2H3,(H,12,15). The van der Waals surface area contributed by atoms with E-state index in [-0.39, 0.29) is 18.3 Å². The van der Waals surface area contributed by atoms with Crippen molar-refractivity contribution in [2.45, 2.75) is 26.7 Å². The van der Waals surface area contributed by atoms with Crippen molar-refractivity contribution in [2.75, 3.05) is 31.9 Å². The highest BCUT2D eigenvalue weighted by molar-refractivity contribution is 7.89. The molecule has 0 aromatic rings. The third-order valence-electron chi connectivity index (χ3n) is 3.08. The Bertz CT molecular complexity index is 362. The highest BCUT2D eigenvalue weighted by atomic mass is 32.2. The molecule has 0 atom stereocenters. The highest BCUT2D eigenvalue weighted by Crippen LogP contribution is 2.15. The van der Waals surface area contributed by atoms with E-state index in [1.165, 1.54) is 0 Å². The van der Waals surface area contributed by atoms with Crippen LogP contribution in [-0.4, -0.2) is 51.3 Å². The number of hydrogen-bond acceptors (Lipinski definition) is 3. The molecule has 1 rings (SSSR count). The second-order valence-corrected chi connectivity index (χ2v) is 6.64. The Kier molecular flexibility index (Phi) is 5.87. The Hall–Kier alpha value is -0.820. The Balaban J connectivity index is 2.25. The van der Waals surface area contributed by atoms with E-state index in [1.54, 1.807) is 11.8 Å². The molecule has 1 heterocycles. The minimum Gasteiger partial charge on any atom is -0.337 e. The molecule has 0 aliphatic carbocycles. The van der Waals surface area contributed by atoms with Crippen LogP contribution >= 0.6 is 0 Å². The van der Waals surface area contributed by atoms with Gasteiger partial charge in [0.25, 0.3) is 0 Å². The Morgan fingerprint density at radius 2 is 1.94 bits per heavy atom. The van der Waals surface area contributed by atoms with E-state index >= 15 is 0 Å². The molecule has 0 saturated carbocycles. The molecule has 2 N–H and O–H groups in total. The molecule has 106 valence electrons. The molecule has 18 heavy (non-hydrogen) atoms. The van der Waals surface area contributed by atoms with Gasteiger partial charge in [-0.05, 0) is 18.8 Å². The van der Waals surface area contributed by atoms with Gasteiger partial charge in [-0.1, -0.05) is 13.8 Å². The van der Waals surface area contributed by atoms with Gasteiger partial charge in [-0.2, -0.15) is 0 Å². The summed E-state index contributed by atoms with van der Waals surface area (Å²) in [5.41, 5.74) is 0. The number of carbonyl (C=O) groups is 1. The first-order valence-corrected chi connectivity index (χ1v) is 8.10. The predicted octanol–water partition coefficient (Wildman–Crippen LogP) is 0.367. The van der Waals surface area contributed by atoms with Crippen LogP contribution in [-0.2, 0) is 10.0 Å². The lowest BCUT2D eigenvalue weighted by atomic mass is 10.00. The molecule has 0 aromatic heterocycles.